The summed E-state index contributed by atoms with van der Waals surface area (Å²) >= 11 is 0. The summed E-state index contributed by atoms with van der Waals surface area (Å²) in [7, 11) is -3.93. The normalized spacial score (nSPS) is 13.1. The van der Waals surface area contributed by atoms with Gasteiger partial charge in [0.1, 0.15) is 10.9 Å². The number of H-pyrrole nitrogens is 1. The fourth-order valence-electron chi connectivity index (χ4n) is 1.52. The second-order valence-corrected chi connectivity index (χ2v) is 5.45. The monoisotopic (exact) mass is 281 g/mol. The molecule has 2 rings (SSSR count). The van der Waals surface area contributed by atoms with Crippen LogP contribution in [-0.4, -0.2) is 29.7 Å². The molecule has 0 unspecified atom stereocenters. The van der Waals surface area contributed by atoms with Crippen molar-refractivity contribution in [3.63, 3.8) is 0 Å². The predicted molar refractivity (Wildman–Crippen MR) is 65.7 cm³/mol. The van der Waals surface area contributed by atoms with Gasteiger partial charge in [0.2, 0.25) is 10.0 Å². The molecule has 0 aliphatic rings. The van der Waals surface area contributed by atoms with Gasteiger partial charge in [-0.05, 0) is 5.56 Å². The molecule has 19 heavy (non-hydrogen) atoms. The fraction of sp³-hybridized carbons (Fsp3) is 0.0909. The number of rotatable bonds is 5. The smallest absolute Gasteiger partial charge is 0.326 e. The van der Waals surface area contributed by atoms with Crippen molar-refractivity contribution in [1.29, 1.82) is 0 Å². The Morgan fingerprint density at radius 1 is 1.32 bits per heavy atom. The highest BCUT2D eigenvalue weighted by Gasteiger charge is 2.27. The third-order valence-corrected chi connectivity index (χ3v) is 3.83. The average molecular weight is 281 g/mol. The van der Waals surface area contributed by atoms with Crippen molar-refractivity contribution >= 4 is 16.0 Å². The molecule has 0 fully saturated rings. The summed E-state index contributed by atoms with van der Waals surface area (Å²) in [5, 5.41) is 15.0. The molecule has 0 bridgehead atoms. The lowest BCUT2D eigenvalue weighted by Crippen LogP contribution is -2.33. The van der Waals surface area contributed by atoms with Gasteiger partial charge in [0, 0.05) is 6.20 Å². The first kappa shape index (κ1) is 13.2. The van der Waals surface area contributed by atoms with Crippen molar-refractivity contribution < 1.29 is 18.3 Å². The van der Waals surface area contributed by atoms with Crippen molar-refractivity contribution in [2.24, 2.45) is 0 Å². The lowest BCUT2D eigenvalue weighted by atomic mass is 10.1. The molecule has 1 atom stereocenters. The number of hydrogen-bond acceptors (Lipinski definition) is 4. The summed E-state index contributed by atoms with van der Waals surface area (Å²) < 4.78 is 26.0. The summed E-state index contributed by atoms with van der Waals surface area (Å²) in [5.74, 6) is -1.28. The van der Waals surface area contributed by atoms with Crippen LogP contribution in [0.1, 0.15) is 11.6 Å². The quantitative estimate of drug-likeness (QED) is 0.739. The summed E-state index contributed by atoms with van der Waals surface area (Å²) in [5.41, 5.74) is 0.349. The van der Waals surface area contributed by atoms with Gasteiger partial charge in [0.25, 0.3) is 0 Å². The number of nitrogens with one attached hydrogen (secondary N) is 2. The van der Waals surface area contributed by atoms with Crippen LogP contribution in [-0.2, 0) is 14.8 Å². The molecule has 3 N–H and O–H groups in total. The minimum atomic E-state index is -3.93. The first-order valence-electron chi connectivity index (χ1n) is 5.29. The van der Waals surface area contributed by atoms with Crippen molar-refractivity contribution in [2.45, 2.75) is 10.9 Å². The van der Waals surface area contributed by atoms with E-state index in [2.05, 4.69) is 14.9 Å². The van der Waals surface area contributed by atoms with Crippen LogP contribution in [0.3, 0.4) is 0 Å². The number of carboxylic acids is 1. The number of aliphatic carboxylic acids is 1. The molecule has 0 amide bonds. The molecule has 0 aliphatic heterocycles. The van der Waals surface area contributed by atoms with E-state index in [1.54, 1.807) is 18.2 Å². The first-order valence-corrected chi connectivity index (χ1v) is 6.78. The largest absolute Gasteiger partial charge is 0.480 e. The van der Waals surface area contributed by atoms with Crippen LogP contribution < -0.4 is 4.72 Å². The Morgan fingerprint density at radius 3 is 2.53 bits per heavy atom. The second-order valence-electron chi connectivity index (χ2n) is 3.74. The van der Waals surface area contributed by atoms with E-state index in [0.29, 0.717) is 5.56 Å². The molecule has 0 radical (unpaired) electrons. The maximum absolute atomic E-state index is 11.9. The van der Waals surface area contributed by atoms with E-state index in [0.717, 1.165) is 6.20 Å². The van der Waals surface area contributed by atoms with Gasteiger partial charge < -0.3 is 5.11 Å². The number of benzene rings is 1. The number of aromatic nitrogens is 2. The molecule has 0 saturated heterocycles. The van der Waals surface area contributed by atoms with Crippen LogP contribution in [0.2, 0.25) is 0 Å². The Morgan fingerprint density at radius 2 is 2.00 bits per heavy atom. The maximum atomic E-state index is 11.9. The topological polar surface area (TPSA) is 112 Å². The molecule has 1 aromatic heterocycles. The lowest BCUT2D eigenvalue weighted by Gasteiger charge is -2.14. The molecular weight excluding hydrogens is 270 g/mol. The van der Waals surface area contributed by atoms with E-state index < -0.39 is 22.0 Å². The zero-order valence-electron chi connectivity index (χ0n) is 9.65. The maximum Gasteiger partial charge on any atom is 0.326 e. The number of carbonyl (C=O) groups is 1. The minimum Gasteiger partial charge on any atom is -0.480 e. The highest BCUT2D eigenvalue weighted by Crippen LogP contribution is 2.16. The summed E-state index contributed by atoms with van der Waals surface area (Å²) in [6.07, 6.45) is 2.28. The van der Waals surface area contributed by atoms with E-state index in [-0.39, 0.29) is 4.90 Å². The van der Waals surface area contributed by atoms with Crippen molar-refractivity contribution in [3.05, 3.63) is 48.3 Å². The van der Waals surface area contributed by atoms with E-state index in [4.69, 9.17) is 5.11 Å². The first-order chi connectivity index (χ1) is 9.00. The van der Waals surface area contributed by atoms with E-state index >= 15 is 0 Å². The van der Waals surface area contributed by atoms with E-state index in [9.17, 15) is 13.2 Å². The van der Waals surface area contributed by atoms with Crippen molar-refractivity contribution in [1.82, 2.24) is 14.9 Å². The zero-order chi connectivity index (χ0) is 13.9. The van der Waals surface area contributed by atoms with Gasteiger partial charge in [-0.3, -0.25) is 9.89 Å². The number of nitrogens with zero attached hydrogens (tertiary/aromatic N) is 1. The molecule has 1 heterocycles. The van der Waals surface area contributed by atoms with Gasteiger partial charge in [-0.15, -0.1) is 0 Å². The van der Waals surface area contributed by atoms with Crippen LogP contribution >= 0.6 is 0 Å². The van der Waals surface area contributed by atoms with Gasteiger partial charge in [0.15, 0.2) is 0 Å². The number of sulfonamides is 1. The molecule has 8 heteroatoms. The summed E-state index contributed by atoms with van der Waals surface area (Å²) in [6, 6.07) is 6.72. The Labute approximate surface area is 109 Å². The Bertz CT molecular complexity index is 653. The Balaban J connectivity index is 2.31. The molecule has 100 valence electrons. The lowest BCUT2D eigenvalue weighted by molar-refractivity contribution is -0.139. The molecule has 1 aromatic carbocycles. The highest BCUT2D eigenvalue weighted by molar-refractivity contribution is 7.89. The highest BCUT2D eigenvalue weighted by atomic mass is 32.2. The fourth-order valence-corrected chi connectivity index (χ4v) is 2.60. The van der Waals surface area contributed by atoms with Gasteiger partial charge in [-0.1, -0.05) is 30.3 Å². The third kappa shape index (κ3) is 2.98. The predicted octanol–water partition coefficient (Wildman–Crippen LogP) is 0.514. The Kier molecular flexibility index (Phi) is 3.63. The van der Waals surface area contributed by atoms with Gasteiger partial charge in [0.05, 0.1) is 6.20 Å². The molecule has 2 aromatic rings. The van der Waals surface area contributed by atoms with Gasteiger partial charge in [-0.25, -0.2) is 8.42 Å². The SMILES string of the molecule is O=C(O)[C@H](NS(=O)(=O)c1cn[nH]c1)c1ccccc1. The summed E-state index contributed by atoms with van der Waals surface area (Å²) in [6.45, 7) is 0. The van der Waals surface area contributed by atoms with Crippen LogP contribution in [0, 0.1) is 0 Å². The van der Waals surface area contributed by atoms with Crippen LogP contribution in [0.25, 0.3) is 0 Å². The average Bonchev–Trinajstić information content (AvgIpc) is 2.91. The Hall–Kier alpha value is -2.19. The molecular formula is C11H11N3O4S. The summed E-state index contributed by atoms with van der Waals surface area (Å²) in [4.78, 5) is 11.1. The number of aromatic amines is 1. The van der Waals surface area contributed by atoms with Crippen LogP contribution in [0.4, 0.5) is 0 Å². The minimum absolute atomic E-state index is 0.116. The van der Waals surface area contributed by atoms with Gasteiger partial charge in [-0.2, -0.15) is 9.82 Å². The zero-order valence-corrected chi connectivity index (χ0v) is 10.5. The molecule has 7 nitrogen and oxygen atoms in total. The molecule has 0 aliphatic carbocycles. The number of hydrogen-bond donors (Lipinski definition) is 3. The van der Waals surface area contributed by atoms with E-state index in [1.807, 2.05) is 0 Å². The van der Waals surface area contributed by atoms with Crippen LogP contribution in [0.5, 0.6) is 0 Å². The molecule has 0 saturated carbocycles. The standard InChI is InChI=1S/C11H11N3O4S/c15-11(16)10(8-4-2-1-3-5-8)14-19(17,18)9-6-12-13-7-9/h1-7,10,14H,(H,12,13)(H,15,16)/t10-/m1/s1. The third-order valence-electron chi connectivity index (χ3n) is 2.44. The van der Waals surface area contributed by atoms with Crippen molar-refractivity contribution in [2.75, 3.05) is 0 Å². The van der Waals surface area contributed by atoms with Crippen LogP contribution in [0.15, 0.2) is 47.6 Å². The van der Waals surface area contributed by atoms with Gasteiger partial charge >= 0.3 is 5.97 Å². The van der Waals surface area contributed by atoms with Crippen molar-refractivity contribution in [3.8, 4) is 0 Å². The van der Waals surface area contributed by atoms with E-state index in [1.165, 1.54) is 18.3 Å². The number of carboxylic acid groups (broad SMARTS) is 1. The molecule has 0 spiro atoms. The second kappa shape index (κ2) is 5.21.